The van der Waals surface area contributed by atoms with Gasteiger partial charge in [0, 0.05) is 19.7 Å². The molecule has 0 radical (unpaired) electrons. The molecule has 24 heavy (non-hydrogen) atoms. The van der Waals surface area contributed by atoms with Crippen LogP contribution in [0.2, 0.25) is 0 Å². The van der Waals surface area contributed by atoms with E-state index in [-0.39, 0.29) is 11.4 Å². The number of aromatic nitrogens is 4. The van der Waals surface area contributed by atoms with Crippen molar-refractivity contribution in [2.75, 3.05) is 11.9 Å². The van der Waals surface area contributed by atoms with Crippen molar-refractivity contribution in [2.45, 2.75) is 19.5 Å². The van der Waals surface area contributed by atoms with Gasteiger partial charge in [0.15, 0.2) is 5.69 Å². The average Bonchev–Trinajstić information content (AvgIpc) is 3.12. The second kappa shape index (κ2) is 6.72. The number of hydrogen-bond acceptors (Lipinski definition) is 4. The Balaban J connectivity index is 2.18. The Kier molecular flexibility index (Phi) is 4.90. The van der Waals surface area contributed by atoms with Gasteiger partial charge in [0.1, 0.15) is 11.4 Å². The van der Waals surface area contributed by atoms with Crippen molar-refractivity contribution < 1.29 is 22.8 Å². The van der Waals surface area contributed by atoms with E-state index in [0.717, 1.165) is 6.42 Å². The molecule has 0 aliphatic rings. The van der Waals surface area contributed by atoms with Crippen LogP contribution < -0.4 is 10.6 Å². The Morgan fingerprint density at radius 1 is 1.33 bits per heavy atom. The summed E-state index contributed by atoms with van der Waals surface area (Å²) in [5, 5.41) is 13.9. The summed E-state index contributed by atoms with van der Waals surface area (Å²) in [6.45, 7) is 2.31. The normalized spacial score (nSPS) is 11.4. The molecule has 0 spiro atoms. The largest absolute Gasteiger partial charge is 0.432 e. The number of amides is 2. The smallest absolute Gasteiger partial charge is 0.351 e. The van der Waals surface area contributed by atoms with Gasteiger partial charge in [-0.15, -0.1) is 0 Å². The molecule has 0 fully saturated rings. The molecule has 8 nitrogen and oxygen atoms in total. The first-order valence-corrected chi connectivity index (χ1v) is 6.98. The molecule has 2 heterocycles. The van der Waals surface area contributed by atoms with E-state index in [1.807, 2.05) is 6.92 Å². The third kappa shape index (κ3) is 3.73. The van der Waals surface area contributed by atoms with Crippen LogP contribution >= 0.6 is 0 Å². The van der Waals surface area contributed by atoms with Gasteiger partial charge in [-0.2, -0.15) is 23.4 Å². The molecule has 2 amide bonds. The molecule has 0 bridgehead atoms. The Morgan fingerprint density at radius 3 is 2.62 bits per heavy atom. The van der Waals surface area contributed by atoms with E-state index >= 15 is 0 Å². The first-order valence-electron chi connectivity index (χ1n) is 6.98. The number of hydrogen-bond donors (Lipinski definition) is 3. The number of alkyl halides is 3. The summed E-state index contributed by atoms with van der Waals surface area (Å²) >= 11 is 0. The fraction of sp³-hybridized carbons (Fsp3) is 0.385. The number of rotatable bonds is 5. The zero-order valence-corrected chi connectivity index (χ0v) is 12.9. The molecule has 2 aromatic rings. The van der Waals surface area contributed by atoms with Crippen LogP contribution in [0.5, 0.6) is 0 Å². The van der Waals surface area contributed by atoms with Gasteiger partial charge in [-0.05, 0) is 6.42 Å². The first-order chi connectivity index (χ1) is 11.2. The summed E-state index contributed by atoms with van der Waals surface area (Å²) < 4.78 is 38.8. The number of carbonyl (C=O) groups is 2. The predicted octanol–water partition coefficient (Wildman–Crippen LogP) is 1.55. The van der Waals surface area contributed by atoms with Crippen LogP contribution in [-0.2, 0) is 13.2 Å². The molecule has 3 N–H and O–H groups in total. The molecule has 0 unspecified atom stereocenters. The quantitative estimate of drug-likeness (QED) is 0.765. The first kappa shape index (κ1) is 17.5. The zero-order valence-electron chi connectivity index (χ0n) is 12.9. The lowest BCUT2D eigenvalue weighted by molar-refractivity contribution is -0.141. The third-order valence-electron chi connectivity index (χ3n) is 3.05. The fourth-order valence-electron chi connectivity index (χ4n) is 1.89. The molecular formula is C13H15F3N6O2. The minimum absolute atomic E-state index is 0.0765. The summed E-state index contributed by atoms with van der Waals surface area (Å²) in [6.07, 6.45) is -2.68. The Bertz CT molecular complexity index is 749. The summed E-state index contributed by atoms with van der Waals surface area (Å²) in [4.78, 5) is 24.1. The number of carbonyl (C=O) groups excluding carboxylic acids is 2. The number of aromatic amines is 1. The SMILES string of the molecule is CCCNC(=O)c1c(NC(=O)c2cc(C(F)(F)F)[nH]n2)cnn1C. The van der Waals surface area contributed by atoms with Gasteiger partial charge >= 0.3 is 6.18 Å². The van der Waals surface area contributed by atoms with Crippen LogP contribution in [0.4, 0.5) is 18.9 Å². The van der Waals surface area contributed by atoms with Crippen LogP contribution in [0, 0.1) is 0 Å². The summed E-state index contributed by atoms with van der Waals surface area (Å²) in [5.74, 6) is -1.34. The highest BCUT2D eigenvalue weighted by molar-refractivity contribution is 6.07. The van der Waals surface area contributed by atoms with Gasteiger partial charge in [0.25, 0.3) is 11.8 Å². The second-order valence-electron chi connectivity index (χ2n) is 4.91. The van der Waals surface area contributed by atoms with Crippen molar-refractivity contribution in [3.63, 3.8) is 0 Å². The third-order valence-corrected chi connectivity index (χ3v) is 3.05. The number of anilines is 1. The van der Waals surface area contributed by atoms with E-state index in [2.05, 4.69) is 20.8 Å². The van der Waals surface area contributed by atoms with E-state index in [4.69, 9.17) is 0 Å². The lowest BCUT2D eigenvalue weighted by atomic mass is 10.3. The fourth-order valence-corrected chi connectivity index (χ4v) is 1.89. The monoisotopic (exact) mass is 344 g/mol. The Hall–Kier alpha value is -2.85. The van der Waals surface area contributed by atoms with Crippen molar-refractivity contribution in [2.24, 2.45) is 7.05 Å². The Morgan fingerprint density at radius 2 is 2.04 bits per heavy atom. The number of aryl methyl sites for hydroxylation is 1. The Labute approximate surface area is 134 Å². The number of H-pyrrole nitrogens is 1. The van der Waals surface area contributed by atoms with E-state index in [1.54, 1.807) is 5.10 Å². The van der Waals surface area contributed by atoms with Crippen LogP contribution in [0.1, 0.15) is 40.0 Å². The van der Waals surface area contributed by atoms with Crippen molar-refractivity contribution in [1.82, 2.24) is 25.3 Å². The van der Waals surface area contributed by atoms with Gasteiger partial charge < -0.3 is 10.6 Å². The highest BCUT2D eigenvalue weighted by atomic mass is 19.4. The van der Waals surface area contributed by atoms with Crippen LogP contribution in [-0.4, -0.2) is 38.3 Å². The molecule has 2 rings (SSSR count). The van der Waals surface area contributed by atoms with Gasteiger partial charge in [-0.25, -0.2) is 0 Å². The van der Waals surface area contributed by atoms with E-state index < -0.39 is 29.4 Å². The van der Waals surface area contributed by atoms with Crippen molar-refractivity contribution in [3.05, 3.63) is 29.3 Å². The number of halogens is 3. The van der Waals surface area contributed by atoms with Crippen LogP contribution in [0.25, 0.3) is 0 Å². The molecule has 0 aliphatic heterocycles. The molecule has 11 heteroatoms. The maximum Gasteiger partial charge on any atom is 0.432 e. The van der Waals surface area contributed by atoms with Gasteiger partial charge in [-0.1, -0.05) is 6.92 Å². The molecular weight excluding hydrogens is 329 g/mol. The predicted molar refractivity (Wildman–Crippen MR) is 77.4 cm³/mol. The highest BCUT2D eigenvalue weighted by Crippen LogP contribution is 2.27. The molecule has 0 saturated heterocycles. The average molecular weight is 344 g/mol. The summed E-state index contributed by atoms with van der Waals surface area (Å²) in [7, 11) is 1.51. The van der Waals surface area contributed by atoms with Gasteiger partial charge in [-0.3, -0.25) is 19.4 Å². The van der Waals surface area contributed by atoms with Crippen LogP contribution in [0.15, 0.2) is 12.3 Å². The molecule has 2 aromatic heterocycles. The zero-order chi connectivity index (χ0) is 17.9. The standard InChI is InChI=1S/C13H15F3N6O2/c1-3-4-17-12(24)10-8(6-18-22(10)2)19-11(23)7-5-9(21-20-7)13(14,15)16/h5-6H,3-4H2,1-2H3,(H,17,24)(H,19,23)(H,20,21). The van der Waals surface area contributed by atoms with Gasteiger partial charge in [0.05, 0.1) is 11.9 Å². The summed E-state index contributed by atoms with van der Waals surface area (Å²) in [5.41, 5.74) is -1.43. The van der Waals surface area contributed by atoms with E-state index in [1.165, 1.54) is 17.9 Å². The van der Waals surface area contributed by atoms with Crippen LogP contribution in [0.3, 0.4) is 0 Å². The topological polar surface area (TPSA) is 105 Å². The van der Waals surface area contributed by atoms with Gasteiger partial charge in [0.2, 0.25) is 0 Å². The molecule has 0 aromatic carbocycles. The second-order valence-corrected chi connectivity index (χ2v) is 4.91. The molecule has 0 aliphatic carbocycles. The number of nitrogens with zero attached hydrogens (tertiary/aromatic N) is 3. The minimum Gasteiger partial charge on any atom is -0.351 e. The molecule has 0 saturated carbocycles. The lowest BCUT2D eigenvalue weighted by Crippen LogP contribution is -2.27. The lowest BCUT2D eigenvalue weighted by Gasteiger charge is -2.07. The minimum atomic E-state index is -4.63. The van der Waals surface area contributed by atoms with Crippen molar-refractivity contribution in [1.29, 1.82) is 0 Å². The van der Waals surface area contributed by atoms with E-state index in [9.17, 15) is 22.8 Å². The maximum absolute atomic E-state index is 12.5. The van der Waals surface area contributed by atoms with Crippen molar-refractivity contribution >= 4 is 17.5 Å². The van der Waals surface area contributed by atoms with E-state index in [0.29, 0.717) is 12.6 Å². The van der Waals surface area contributed by atoms with Crippen molar-refractivity contribution in [3.8, 4) is 0 Å². The maximum atomic E-state index is 12.5. The molecule has 0 atom stereocenters. The summed E-state index contributed by atoms with van der Waals surface area (Å²) in [6, 6.07) is 0.586. The molecule has 130 valence electrons. The highest BCUT2D eigenvalue weighted by Gasteiger charge is 2.34. The number of nitrogens with one attached hydrogen (secondary N) is 3.